The third-order valence-electron chi connectivity index (χ3n) is 4.86. The third kappa shape index (κ3) is 3.54. The number of nitrogens with zero attached hydrogens (tertiary/aromatic N) is 2. The normalized spacial score (nSPS) is 26.1. The summed E-state index contributed by atoms with van der Waals surface area (Å²) in [7, 11) is 0. The molecular formula is C16H23Cl2N3. The zero-order chi connectivity index (χ0) is 14.8. The Hall–Kier alpha value is -0.320. The van der Waals surface area contributed by atoms with Crippen LogP contribution in [0.3, 0.4) is 0 Å². The molecule has 0 saturated carbocycles. The minimum atomic E-state index is 0.319. The van der Waals surface area contributed by atoms with E-state index in [0.717, 1.165) is 54.4 Å². The highest BCUT2D eigenvalue weighted by Crippen LogP contribution is 2.30. The molecule has 21 heavy (non-hydrogen) atoms. The minimum Gasteiger partial charge on any atom is -0.315 e. The van der Waals surface area contributed by atoms with E-state index in [9.17, 15) is 0 Å². The van der Waals surface area contributed by atoms with Crippen LogP contribution in [0.15, 0.2) is 18.2 Å². The van der Waals surface area contributed by atoms with E-state index >= 15 is 0 Å². The van der Waals surface area contributed by atoms with Crippen molar-refractivity contribution in [3.63, 3.8) is 0 Å². The summed E-state index contributed by atoms with van der Waals surface area (Å²) in [4.78, 5) is 5.14. The van der Waals surface area contributed by atoms with Gasteiger partial charge in [-0.15, -0.1) is 0 Å². The molecule has 2 fully saturated rings. The topological polar surface area (TPSA) is 18.5 Å². The molecule has 0 aromatic heterocycles. The van der Waals surface area contributed by atoms with E-state index in [1.54, 1.807) is 0 Å². The Bertz CT molecular complexity index is 480. The van der Waals surface area contributed by atoms with Crippen LogP contribution in [0.2, 0.25) is 10.0 Å². The quantitative estimate of drug-likeness (QED) is 0.920. The zero-order valence-corrected chi connectivity index (χ0v) is 14.0. The smallest absolute Gasteiger partial charge is 0.0454 e. The Morgan fingerprint density at radius 2 is 1.95 bits per heavy atom. The molecule has 0 aliphatic carbocycles. The molecule has 1 aromatic rings. The molecule has 2 aliphatic heterocycles. The van der Waals surface area contributed by atoms with Crippen molar-refractivity contribution >= 4 is 23.2 Å². The standard InChI is InChI=1S/C16H23Cl2N3/c1-12(15-10-13(17)2-3-16(15)18)20-6-8-21(9-7-20)14-4-5-19-11-14/h2-3,10,12,14,19H,4-9,11H2,1H3. The fourth-order valence-electron chi connectivity index (χ4n) is 3.47. The van der Waals surface area contributed by atoms with Crippen LogP contribution in [-0.4, -0.2) is 55.1 Å². The summed E-state index contributed by atoms with van der Waals surface area (Å²) in [6.45, 7) is 9.03. The molecule has 1 aromatic carbocycles. The first kappa shape index (κ1) is 15.6. The van der Waals surface area contributed by atoms with Gasteiger partial charge in [-0.2, -0.15) is 0 Å². The van der Waals surface area contributed by atoms with E-state index in [2.05, 4.69) is 22.0 Å². The molecule has 0 spiro atoms. The van der Waals surface area contributed by atoms with Gasteiger partial charge >= 0.3 is 0 Å². The van der Waals surface area contributed by atoms with Crippen molar-refractivity contribution in [2.75, 3.05) is 39.3 Å². The van der Waals surface area contributed by atoms with Gasteiger partial charge in [0.25, 0.3) is 0 Å². The average molecular weight is 328 g/mol. The molecule has 2 aliphatic rings. The first-order chi connectivity index (χ1) is 10.1. The van der Waals surface area contributed by atoms with Gasteiger partial charge in [0.05, 0.1) is 0 Å². The van der Waals surface area contributed by atoms with Gasteiger partial charge in [-0.3, -0.25) is 9.80 Å². The molecule has 2 heterocycles. The SMILES string of the molecule is CC(c1cc(Cl)ccc1Cl)N1CCN(C2CCNC2)CC1. The molecule has 0 radical (unpaired) electrons. The summed E-state index contributed by atoms with van der Waals surface area (Å²) in [5.74, 6) is 0. The number of hydrogen-bond acceptors (Lipinski definition) is 3. The van der Waals surface area contributed by atoms with Crippen LogP contribution in [0, 0.1) is 0 Å². The lowest BCUT2D eigenvalue weighted by atomic mass is 10.1. The van der Waals surface area contributed by atoms with Gasteiger partial charge in [-0.1, -0.05) is 23.2 Å². The Balaban J connectivity index is 1.62. The monoisotopic (exact) mass is 327 g/mol. The fourth-order valence-corrected chi connectivity index (χ4v) is 3.93. The molecule has 0 bridgehead atoms. The Labute approximate surface area is 137 Å². The number of rotatable bonds is 3. The molecule has 116 valence electrons. The maximum absolute atomic E-state index is 6.34. The van der Waals surface area contributed by atoms with Gasteiger partial charge in [0, 0.05) is 54.9 Å². The van der Waals surface area contributed by atoms with E-state index in [4.69, 9.17) is 23.2 Å². The van der Waals surface area contributed by atoms with Crippen molar-refractivity contribution in [1.29, 1.82) is 0 Å². The third-order valence-corrected chi connectivity index (χ3v) is 5.43. The lowest BCUT2D eigenvalue weighted by molar-refractivity contribution is 0.0787. The van der Waals surface area contributed by atoms with Gasteiger partial charge in [-0.05, 0) is 43.7 Å². The van der Waals surface area contributed by atoms with Crippen LogP contribution in [0.25, 0.3) is 0 Å². The van der Waals surface area contributed by atoms with E-state index in [-0.39, 0.29) is 0 Å². The van der Waals surface area contributed by atoms with Crippen molar-refractivity contribution in [3.05, 3.63) is 33.8 Å². The second-order valence-corrected chi connectivity index (χ2v) is 6.90. The Kier molecular flexibility index (Phi) is 5.07. The van der Waals surface area contributed by atoms with Crippen molar-refractivity contribution in [2.24, 2.45) is 0 Å². The van der Waals surface area contributed by atoms with E-state index in [1.807, 2.05) is 18.2 Å². The lowest BCUT2D eigenvalue weighted by Crippen LogP contribution is -2.51. The van der Waals surface area contributed by atoms with E-state index in [1.165, 1.54) is 13.0 Å². The highest BCUT2D eigenvalue weighted by molar-refractivity contribution is 6.33. The number of nitrogens with one attached hydrogen (secondary N) is 1. The summed E-state index contributed by atoms with van der Waals surface area (Å²) >= 11 is 12.5. The van der Waals surface area contributed by atoms with Gasteiger partial charge in [0.15, 0.2) is 0 Å². The molecule has 2 unspecified atom stereocenters. The highest BCUT2D eigenvalue weighted by Gasteiger charge is 2.28. The predicted octanol–water partition coefficient (Wildman–Crippen LogP) is 3.03. The molecule has 5 heteroatoms. The number of halogens is 2. The van der Waals surface area contributed by atoms with E-state index < -0.39 is 0 Å². The van der Waals surface area contributed by atoms with E-state index in [0.29, 0.717) is 6.04 Å². The Morgan fingerprint density at radius 3 is 2.62 bits per heavy atom. The minimum absolute atomic E-state index is 0.319. The maximum atomic E-state index is 6.34. The molecule has 3 nitrogen and oxygen atoms in total. The number of hydrogen-bond donors (Lipinski definition) is 1. The fraction of sp³-hybridized carbons (Fsp3) is 0.625. The van der Waals surface area contributed by atoms with Crippen LogP contribution < -0.4 is 5.32 Å². The lowest BCUT2D eigenvalue weighted by Gasteiger charge is -2.40. The van der Waals surface area contributed by atoms with Crippen molar-refractivity contribution < 1.29 is 0 Å². The number of piperazine rings is 1. The summed E-state index contributed by atoms with van der Waals surface area (Å²) in [5, 5.41) is 5.03. The summed E-state index contributed by atoms with van der Waals surface area (Å²) in [6, 6.07) is 6.81. The van der Waals surface area contributed by atoms with Crippen LogP contribution in [-0.2, 0) is 0 Å². The molecular weight excluding hydrogens is 305 g/mol. The van der Waals surface area contributed by atoms with Gasteiger partial charge in [0.2, 0.25) is 0 Å². The highest BCUT2D eigenvalue weighted by atomic mass is 35.5. The predicted molar refractivity (Wildman–Crippen MR) is 89.3 cm³/mol. The van der Waals surface area contributed by atoms with Crippen LogP contribution in [0.4, 0.5) is 0 Å². The van der Waals surface area contributed by atoms with Crippen molar-refractivity contribution in [2.45, 2.75) is 25.4 Å². The summed E-state index contributed by atoms with van der Waals surface area (Å²) in [5.41, 5.74) is 1.14. The van der Waals surface area contributed by atoms with Crippen molar-refractivity contribution in [3.8, 4) is 0 Å². The van der Waals surface area contributed by atoms with Gasteiger partial charge < -0.3 is 5.32 Å². The van der Waals surface area contributed by atoms with Gasteiger partial charge in [0.1, 0.15) is 0 Å². The largest absolute Gasteiger partial charge is 0.315 e. The first-order valence-corrected chi connectivity index (χ1v) is 8.54. The zero-order valence-electron chi connectivity index (χ0n) is 12.5. The second-order valence-electron chi connectivity index (χ2n) is 6.06. The molecule has 3 rings (SSSR count). The molecule has 0 amide bonds. The summed E-state index contributed by atoms with van der Waals surface area (Å²) < 4.78 is 0. The Morgan fingerprint density at radius 1 is 1.19 bits per heavy atom. The second kappa shape index (κ2) is 6.84. The van der Waals surface area contributed by atoms with Crippen LogP contribution in [0.1, 0.15) is 24.9 Å². The van der Waals surface area contributed by atoms with Crippen molar-refractivity contribution in [1.82, 2.24) is 15.1 Å². The summed E-state index contributed by atoms with van der Waals surface area (Å²) in [6.07, 6.45) is 1.29. The first-order valence-electron chi connectivity index (χ1n) is 7.79. The number of benzene rings is 1. The van der Waals surface area contributed by atoms with Gasteiger partial charge in [-0.25, -0.2) is 0 Å². The van der Waals surface area contributed by atoms with Crippen LogP contribution >= 0.6 is 23.2 Å². The average Bonchev–Trinajstić information content (AvgIpc) is 3.03. The molecule has 2 atom stereocenters. The molecule has 2 saturated heterocycles. The molecule has 1 N–H and O–H groups in total. The maximum Gasteiger partial charge on any atom is 0.0454 e. The van der Waals surface area contributed by atoms with Crippen LogP contribution in [0.5, 0.6) is 0 Å².